The summed E-state index contributed by atoms with van der Waals surface area (Å²) in [5.41, 5.74) is 1.66. The number of rotatable bonds is 2. The Labute approximate surface area is 133 Å². The Morgan fingerprint density at radius 1 is 1.30 bits per heavy atom. The van der Waals surface area contributed by atoms with E-state index in [9.17, 15) is 9.59 Å². The lowest BCUT2D eigenvalue weighted by Crippen LogP contribution is -2.40. The molecule has 0 saturated carbocycles. The quantitative estimate of drug-likeness (QED) is 0.770. The van der Waals surface area contributed by atoms with Crippen molar-refractivity contribution in [3.63, 3.8) is 0 Å². The van der Waals surface area contributed by atoms with Crippen LogP contribution in [0.15, 0.2) is 26.8 Å². The van der Waals surface area contributed by atoms with Gasteiger partial charge in [0.15, 0.2) is 11.2 Å². The number of hydrogen-bond acceptors (Lipinski definition) is 5. The summed E-state index contributed by atoms with van der Waals surface area (Å²) in [5.74, 6) is 0.554. The van der Waals surface area contributed by atoms with Gasteiger partial charge in [-0.2, -0.15) is 10.1 Å². The molecular formula is C15H20N6O2. The second kappa shape index (κ2) is 4.94. The van der Waals surface area contributed by atoms with E-state index >= 15 is 0 Å². The van der Waals surface area contributed by atoms with Crippen LogP contribution in [0.5, 0.6) is 0 Å². The fourth-order valence-electron chi connectivity index (χ4n) is 2.88. The van der Waals surface area contributed by atoms with E-state index in [1.807, 2.05) is 18.4 Å². The highest BCUT2D eigenvalue weighted by atomic mass is 16.2. The fourth-order valence-corrected chi connectivity index (χ4v) is 2.88. The topological polar surface area (TPSA) is 77.4 Å². The monoisotopic (exact) mass is 316 g/mol. The van der Waals surface area contributed by atoms with Crippen molar-refractivity contribution in [1.29, 1.82) is 0 Å². The first kappa shape index (κ1) is 15.3. The van der Waals surface area contributed by atoms with Crippen molar-refractivity contribution in [2.75, 3.05) is 12.1 Å². The van der Waals surface area contributed by atoms with Gasteiger partial charge in [0, 0.05) is 14.1 Å². The third-order valence-electron chi connectivity index (χ3n) is 4.17. The van der Waals surface area contributed by atoms with Crippen LogP contribution in [0.3, 0.4) is 0 Å². The highest BCUT2D eigenvalue weighted by Crippen LogP contribution is 2.28. The first-order chi connectivity index (χ1) is 10.7. The molecule has 0 N–H and O–H groups in total. The molecule has 1 aliphatic rings. The molecular weight excluding hydrogens is 296 g/mol. The van der Waals surface area contributed by atoms with Gasteiger partial charge in [-0.05, 0) is 20.8 Å². The molecule has 0 saturated heterocycles. The predicted octanol–water partition coefficient (Wildman–Crippen LogP) is 0.859. The summed E-state index contributed by atoms with van der Waals surface area (Å²) in [6.45, 7) is 9.65. The Bertz CT molecular complexity index is 974. The van der Waals surface area contributed by atoms with Gasteiger partial charge in [0.2, 0.25) is 5.95 Å². The van der Waals surface area contributed by atoms with Gasteiger partial charge in [0.25, 0.3) is 5.56 Å². The van der Waals surface area contributed by atoms with Gasteiger partial charge < -0.3 is 0 Å². The minimum Gasteiger partial charge on any atom is -0.294 e. The van der Waals surface area contributed by atoms with Crippen LogP contribution in [0.1, 0.15) is 26.8 Å². The first-order valence-corrected chi connectivity index (χ1v) is 7.39. The van der Waals surface area contributed by atoms with Gasteiger partial charge in [0.1, 0.15) is 0 Å². The molecule has 2 aromatic heterocycles. The Hall–Kier alpha value is -2.64. The molecule has 0 aliphatic carbocycles. The minimum absolute atomic E-state index is 0.102. The molecule has 1 atom stereocenters. The number of hydrogen-bond donors (Lipinski definition) is 0. The Kier molecular flexibility index (Phi) is 3.28. The van der Waals surface area contributed by atoms with Crippen molar-refractivity contribution in [2.24, 2.45) is 12.1 Å². The zero-order valence-electron chi connectivity index (χ0n) is 14.0. The summed E-state index contributed by atoms with van der Waals surface area (Å²) in [4.78, 5) is 29.9. The van der Waals surface area contributed by atoms with Crippen molar-refractivity contribution in [3.8, 4) is 0 Å². The molecule has 122 valence electrons. The molecule has 3 rings (SSSR count). The van der Waals surface area contributed by atoms with E-state index in [-0.39, 0.29) is 18.1 Å². The van der Waals surface area contributed by atoms with E-state index in [0.29, 0.717) is 17.1 Å². The van der Waals surface area contributed by atoms with Gasteiger partial charge in [-0.25, -0.2) is 9.80 Å². The SMILES string of the molecule is C=C(C)Cn1c(=O)c2c(nc3n2C(C)C(C)=NN3C)n(C)c1=O. The Morgan fingerprint density at radius 3 is 2.57 bits per heavy atom. The highest BCUT2D eigenvalue weighted by molar-refractivity contribution is 5.90. The third kappa shape index (κ3) is 2.05. The lowest BCUT2D eigenvalue weighted by molar-refractivity contribution is 0.634. The molecule has 1 aliphatic heterocycles. The van der Waals surface area contributed by atoms with E-state index in [0.717, 1.165) is 11.3 Å². The van der Waals surface area contributed by atoms with Crippen LogP contribution in [-0.4, -0.2) is 31.4 Å². The number of imidazole rings is 1. The minimum atomic E-state index is -0.395. The summed E-state index contributed by atoms with van der Waals surface area (Å²) in [6, 6.07) is -0.102. The average molecular weight is 316 g/mol. The van der Waals surface area contributed by atoms with E-state index in [1.165, 1.54) is 9.13 Å². The maximum absolute atomic E-state index is 12.9. The maximum Gasteiger partial charge on any atom is 0.332 e. The van der Waals surface area contributed by atoms with E-state index in [1.54, 1.807) is 26.0 Å². The molecule has 1 unspecified atom stereocenters. The molecule has 8 heteroatoms. The predicted molar refractivity (Wildman–Crippen MR) is 90.3 cm³/mol. The average Bonchev–Trinajstić information content (AvgIpc) is 2.88. The van der Waals surface area contributed by atoms with Gasteiger partial charge in [-0.3, -0.25) is 18.5 Å². The number of hydrazone groups is 1. The van der Waals surface area contributed by atoms with Crippen LogP contribution < -0.4 is 16.3 Å². The van der Waals surface area contributed by atoms with E-state index < -0.39 is 5.69 Å². The van der Waals surface area contributed by atoms with Crippen LogP contribution in [0.25, 0.3) is 11.2 Å². The zero-order chi connectivity index (χ0) is 17.0. The molecule has 8 nitrogen and oxygen atoms in total. The smallest absolute Gasteiger partial charge is 0.294 e. The summed E-state index contributed by atoms with van der Waals surface area (Å²) in [5, 5.41) is 6.04. The van der Waals surface area contributed by atoms with Crippen LogP contribution in [0, 0.1) is 0 Å². The van der Waals surface area contributed by atoms with Crippen LogP contribution >= 0.6 is 0 Å². The number of anilines is 1. The molecule has 0 radical (unpaired) electrons. The summed E-state index contributed by atoms with van der Waals surface area (Å²) >= 11 is 0. The number of fused-ring (bicyclic) bond motifs is 3. The summed E-state index contributed by atoms with van der Waals surface area (Å²) in [7, 11) is 3.40. The number of aromatic nitrogens is 4. The van der Waals surface area contributed by atoms with Gasteiger partial charge in [-0.1, -0.05) is 12.2 Å². The number of allylic oxidation sites excluding steroid dienone is 1. The molecule has 0 spiro atoms. The number of aryl methyl sites for hydroxylation is 1. The Balaban J connectivity index is 2.46. The largest absolute Gasteiger partial charge is 0.332 e. The van der Waals surface area contributed by atoms with Crippen molar-refractivity contribution < 1.29 is 0 Å². The van der Waals surface area contributed by atoms with Gasteiger partial charge in [0.05, 0.1) is 18.3 Å². The second-order valence-electron chi connectivity index (χ2n) is 6.08. The van der Waals surface area contributed by atoms with Crippen LogP contribution in [0.2, 0.25) is 0 Å². The molecule has 0 aromatic carbocycles. The lowest BCUT2D eigenvalue weighted by Gasteiger charge is -2.26. The normalized spacial score (nSPS) is 17.3. The van der Waals surface area contributed by atoms with Crippen LogP contribution in [0.4, 0.5) is 5.95 Å². The van der Waals surface area contributed by atoms with Crippen molar-refractivity contribution >= 4 is 22.8 Å². The Morgan fingerprint density at radius 2 is 1.96 bits per heavy atom. The fraction of sp³-hybridized carbons (Fsp3) is 0.467. The van der Waals surface area contributed by atoms with Gasteiger partial charge in [-0.15, -0.1) is 0 Å². The molecule has 0 fully saturated rings. The van der Waals surface area contributed by atoms with Gasteiger partial charge >= 0.3 is 5.69 Å². The molecule has 3 heterocycles. The molecule has 0 bridgehead atoms. The van der Waals surface area contributed by atoms with E-state index in [4.69, 9.17) is 0 Å². The third-order valence-corrected chi connectivity index (χ3v) is 4.17. The second-order valence-corrected chi connectivity index (χ2v) is 6.08. The maximum atomic E-state index is 12.9. The van der Waals surface area contributed by atoms with Crippen LogP contribution in [-0.2, 0) is 13.6 Å². The summed E-state index contributed by atoms with van der Waals surface area (Å²) in [6.07, 6.45) is 0. The lowest BCUT2D eigenvalue weighted by atomic mass is 10.2. The van der Waals surface area contributed by atoms with Crippen molar-refractivity contribution in [1.82, 2.24) is 18.7 Å². The standard InChI is InChI=1S/C15H20N6O2/c1-8(2)7-20-13(22)11-12(18(5)15(20)23)16-14-19(6)17-9(3)10(4)21(11)14/h10H,1,7H2,2-6H3. The molecule has 23 heavy (non-hydrogen) atoms. The molecule has 0 amide bonds. The van der Waals surface area contributed by atoms with Crippen molar-refractivity contribution in [2.45, 2.75) is 33.4 Å². The first-order valence-electron chi connectivity index (χ1n) is 7.39. The summed E-state index contributed by atoms with van der Waals surface area (Å²) < 4.78 is 4.45. The zero-order valence-corrected chi connectivity index (χ0v) is 14.0. The number of nitrogens with zero attached hydrogens (tertiary/aromatic N) is 6. The molecule has 2 aromatic rings. The highest BCUT2D eigenvalue weighted by Gasteiger charge is 2.29. The van der Waals surface area contributed by atoms with Crippen molar-refractivity contribution in [3.05, 3.63) is 33.0 Å². The van der Waals surface area contributed by atoms with E-state index in [2.05, 4.69) is 16.7 Å².